The second-order valence-corrected chi connectivity index (χ2v) is 13.9. The summed E-state index contributed by atoms with van der Waals surface area (Å²) < 4.78 is 32.6. The Morgan fingerprint density at radius 3 is 1.36 bits per heavy atom. The predicted octanol–water partition coefficient (Wildman–Crippen LogP) is 9.72. The van der Waals surface area contributed by atoms with E-state index in [1.807, 2.05) is 0 Å². The van der Waals surface area contributed by atoms with Gasteiger partial charge >= 0.3 is 19.8 Å². The molecule has 0 rings (SSSR count). The monoisotopic (exact) mass is 663 g/mol. The van der Waals surface area contributed by atoms with E-state index in [4.69, 9.17) is 24.3 Å². The Bertz CT molecular complexity index is 724. The van der Waals surface area contributed by atoms with Crippen LogP contribution in [0.4, 0.5) is 0 Å². The Labute approximate surface area is 276 Å². The number of rotatable bonds is 35. The molecule has 10 heteroatoms. The average Bonchev–Trinajstić information content (AvgIpc) is 3.02. The molecule has 1 unspecified atom stereocenters. The molecular formula is C35H70NO8P. The molecule has 0 amide bonds. The van der Waals surface area contributed by atoms with E-state index in [1.165, 1.54) is 116 Å². The number of phosphoric acid groups is 1. The zero-order chi connectivity index (χ0) is 33.3. The molecule has 0 aromatic carbocycles. The molecule has 0 saturated heterocycles. The molecule has 45 heavy (non-hydrogen) atoms. The fraction of sp³-hybridized carbons (Fsp3) is 0.943. The number of hydrogen-bond acceptors (Lipinski definition) is 8. The maximum atomic E-state index is 12.5. The average molecular weight is 664 g/mol. The van der Waals surface area contributed by atoms with Crippen LogP contribution in [0.5, 0.6) is 0 Å². The summed E-state index contributed by atoms with van der Waals surface area (Å²) in [5, 5.41) is 0. The van der Waals surface area contributed by atoms with Crippen LogP contribution >= 0.6 is 7.82 Å². The molecule has 0 aliphatic carbocycles. The normalized spacial score (nSPS) is 13.4. The van der Waals surface area contributed by atoms with Crippen molar-refractivity contribution in [2.75, 3.05) is 26.4 Å². The lowest BCUT2D eigenvalue weighted by atomic mass is 10.0. The maximum absolute atomic E-state index is 12.5. The van der Waals surface area contributed by atoms with Crippen LogP contribution in [-0.4, -0.2) is 49.3 Å². The Morgan fingerprint density at radius 2 is 0.956 bits per heavy atom. The fourth-order valence-electron chi connectivity index (χ4n) is 5.22. The minimum Gasteiger partial charge on any atom is -0.462 e. The van der Waals surface area contributed by atoms with E-state index in [9.17, 15) is 19.0 Å². The van der Waals surface area contributed by atoms with Crippen LogP contribution in [-0.2, 0) is 32.7 Å². The lowest BCUT2D eigenvalue weighted by Gasteiger charge is -2.19. The second-order valence-electron chi connectivity index (χ2n) is 12.5. The zero-order valence-electron chi connectivity index (χ0n) is 29.1. The lowest BCUT2D eigenvalue weighted by Crippen LogP contribution is -2.29. The summed E-state index contributed by atoms with van der Waals surface area (Å²) in [6.07, 6.45) is 28.5. The van der Waals surface area contributed by atoms with E-state index in [-0.39, 0.29) is 38.6 Å². The molecule has 0 aromatic heterocycles. The third kappa shape index (κ3) is 32.7. The number of phosphoric ester groups is 1. The number of carbonyl (C=O) groups is 2. The van der Waals surface area contributed by atoms with Crippen LogP contribution in [0.1, 0.15) is 181 Å². The largest absolute Gasteiger partial charge is 0.472 e. The Kier molecular flexibility index (Phi) is 32.2. The Balaban J connectivity index is 4.18. The quantitative estimate of drug-likeness (QED) is 0.0386. The topological polar surface area (TPSA) is 134 Å². The van der Waals surface area contributed by atoms with Gasteiger partial charge in [-0.1, -0.05) is 155 Å². The predicted molar refractivity (Wildman–Crippen MR) is 183 cm³/mol. The van der Waals surface area contributed by atoms with Crippen molar-refractivity contribution in [2.24, 2.45) is 5.73 Å². The molecule has 2 atom stereocenters. The van der Waals surface area contributed by atoms with Gasteiger partial charge < -0.3 is 20.1 Å². The molecule has 3 N–H and O–H groups in total. The summed E-state index contributed by atoms with van der Waals surface area (Å²) in [5.41, 5.74) is 5.32. The highest BCUT2D eigenvalue weighted by atomic mass is 31.2. The van der Waals surface area contributed by atoms with Crippen LogP contribution < -0.4 is 5.73 Å². The van der Waals surface area contributed by atoms with Crippen molar-refractivity contribution in [3.63, 3.8) is 0 Å². The third-order valence-electron chi connectivity index (χ3n) is 7.99. The molecule has 0 aliphatic rings. The van der Waals surface area contributed by atoms with Gasteiger partial charge in [-0.3, -0.25) is 18.6 Å². The molecule has 0 fully saturated rings. The van der Waals surface area contributed by atoms with Gasteiger partial charge in [-0.25, -0.2) is 4.57 Å². The van der Waals surface area contributed by atoms with Gasteiger partial charge in [0.25, 0.3) is 0 Å². The highest BCUT2D eigenvalue weighted by Gasteiger charge is 2.25. The molecule has 0 spiro atoms. The van der Waals surface area contributed by atoms with E-state index in [0.29, 0.717) is 6.42 Å². The second kappa shape index (κ2) is 32.9. The van der Waals surface area contributed by atoms with E-state index >= 15 is 0 Å². The van der Waals surface area contributed by atoms with E-state index in [1.54, 1.807) is 0 Å². The minimum absolute atomic E-state index is 0.0576. The first-order valence-corrected chi connectivity index (χ1v) is 20.0. The van der Waals surface area contributed by atoms with Crippen LogP contribution in [0.2, 0.25) is 0 Å². The highest BCUT2D eigenvalue weighted by Crippen LogP contribution is 2.43. The summed E-state index contributed by atoms with van der Waals surface area (Å²) in [5.74, 6) is -0.821. The van der Waals surface area contributed by atoms with Crippen molar-refractivity contribution in [2.45, 2.75) is 187 Å². The van der Waals surface area contributed by atoms with Crippen LogP contribution in [0.3, 0.4) is 0 Å². The van der Waals surface area contributed by atoms with Gasteiger partial charge in [-0.2, -0.15) is 0 Å². The van der Waals surface area contributed by atoms with Crippen LogP contribution in [0.15, 0.2) is 0 Å². The van der Waals surface area contributed by atoms with Crippen LogP contribution in [0, 0.1) is 0 Å². The smallest absolute Gasteiger partial charge is 0.462 e. The Morgan fingerprint density at radius 1 is 0.578 bits per heavy atom. The summed E-state index contributed by atoms with van der Waals surface area (Å²) in [4.78, 5) is 34.6. The first-order valence-electron chi connectivity index (χ1n) is 18.5. The van der Waals surface area contributed by atoms with Crippen LogP contribution in [0.25, 0.3) is 0 Å². The molecule has 9 nitrogen and oxygen atoms in total. The number of ether oxygens (including phenoxy) is 2. The van der Waals surface area contributed by atoms with Gasteiger partial charge in [-0.05, 0) is 12.8 Å². The minimum atomic E-state index is -4.36. The third-order valence-corrected chi connectivity index (χ3v) is 8.98. The van der Waals surface area contributed by atoms with Gasteiger partial charge in [0, 0.05) is 19.4 Å². The molecule has 268 valence electrons. The number of esters is 2. The SMILES string of the molecule is CCCCCCCCCCCCCCCCC(=O)OC[C@H](COP(=O)(O)OCCN)OC(=O)CCCCCCCCCCCC. The first-order chi connectivity index (χ1) is 21.8. The lowest BCUT2D eigenvalue weighted by molar-refractivity contribution is -0.161. The van der Waals surface area contributed by atoms with E-state index < -0.39 is 26.5 Å². The standard InChI is InChI=1S/C35H70NO8P/c1-3-5-7-9-11-13-15-16-17-18-20-21-23-25-27-34(37)41-31-33(32-43-45(39,40)42-30-29-36)44-35(38)28-26-24-22-19-14-12-10-8-6-4-2/h33H,3-32,36H2,1-2H3,(H,39,40)/t33-/m1/s1. The summed E-state index contributed by atoms with van der Waals surface area (Å²) in [6, 6.07) is 0. The summed E-state index contributed by atoms with van der Waals surface area (Å²) in [6.45, 7) is 3.72. The van der Waals surface area contributed by atoms with Gasteiger partial charge in [0.05, 0.1) is 13.2 Å². The molecular weight excluding hydrogens is 593 g/mol. The van der Waals surface area contributed by atoms with Gasteiger partial charge in [-0.15, -0.1) is 0 Å². The molecule has 0 bridgehead atoms. The maximum Gasteiger partial charge on any atom is 0.472 e. The van der Waals surface area contributed by atoms with E-state index in [0.717, 1.165) is 32.1 Å². The molecule has 0 heterocycles. The molecule has 0 aromatic rings. The fourth-order valence-corrected chi connectivity index (χ4v) is 5.99. The number of unbranched alkanes of at least 4 members (excludes halogenated alkanes) is 22. The number of hydrogen-bond donors (Lipinski definition) is 2. The van der Waals surface area contributed by atoms with Gasteiger partial charge in [0.1, 0.15) is 6.61 Å². The van der Waals surface area contributed by atoms with Gasteiger partial charge in [0.2, 0.25) is 0 Å². The van der Waals surface area contributed by atoms with Crippen molar-refractivity contribution in [1.82, 2.24) is 0 Å². The Hall–Kier alpha value is -0.990. The van der Waals surface area contributed by atoms with Crippen molar-refractivity contribution in [3.05, 3.63) is 0 Å². The van der Waals surface area contributed by atoms with Crippen molar-refractivity contribution < 1.29 is 37.6 Å². The number of carbonyl (C=O) groups excluding carboxylic acids is 2. The summed E-state index contributed by atoms with van der Waals surface area (Å²) >= 11 is 0. The van der Waals surface area contributed by atoms with Crippen molar-refractivity contribution >= 4 is 19.8 Å². The van der Waals surface area contributed by atoms with E-state index in [2.05, 4.69) is 13.8 Å². The molecule has 0 radical (unpaired) electrons. The van der Waals surface area contributed by atoms with Crippen molar-refractivity contribution in [1.29, 1.82) is 0 Å². The number of nitrogens with two attached hydrogens (primary N) is 1. The zero-order valence-corrected chi connectivity index (χ0v) is 30.0. The van der Waals surface area contributed by atoms with Crippen molar-refractivity contribution in [3.8, 4) is 0 Å². The van der Waals surface area contributed by atoms with Gasteiger partial charge in [0.15, 0.2) is 6.10 Å². The molecule has 0 aliphatic heterocycles. The first kappa shape index (κ1) is 44.0. The molecule has 0 saturated carbocycles. The highest BCUT2D eigenvalue weighted by molar-refractivity contribution is 7.47. The summed E-state index contributed by atoms with van der Waals surface area (Å²) in [7, 11) is -4.36.